The number of H-pyrrole nitrogens is 1. The highest BCUT2D eigenvalue weighted by Gasteiger charge is 2.17. The molecule has 1 atom stereocenters. The summed E-state index contributed by atoms with van der Waals surface area (Å²) in [6.45, 7) is 2.02. The number of fused-ring (bicyclic) bond motifs is 1. The molecule has 0 fully saturated rings. The maximum atomic E-state index is 11.9. The number of nitrogens with zero attached hydrogens (tertiary/aromatic N) is 2. The molecule has 5 nitrogen and oxygen atoms in total. The molecule has 3 aromatic rings. The van der Waals surface area contributed by atoms with E-state index >= 15 is 0 Å². The van der Waals surface area contributed by atoms with Crippen LogP contribution in [0, 0.1) is 0 Å². The third-order valence-corrected chi connectivity index (χ3v) is 5.49. The van der Waals surface area contributed by atoms with Crippen LogP contribution in [0.2, 0.25) is 14.6 Å². The summed E-state index contributed by atoms with van der Waals surface area (Å²) in [6.07, 6.45) is 0.783. The Kier molecular flexibility index (Phi) is 4.77. The molecule has 0 bridgehead atoms. The van der Waals surface area contributed by atoms with E-state index < -0.39 is 0 Å². The minimum atomic E-state index is -0.290. The molecule has 2 N–H and O–H groups in total. The second-order valence-corrected chi connectivity index (χ2v) is 7.17. The standard InChI is InChI=1S/C14H11Cl3N4OS/c1-2-9(14-19-11(16)12(17)23-14)18-6-3-4-7-8(5-6)13(22)21-20-10(7)15/h3-5,9,18H,2H2,1H3,(H,21,22). The number of aromatic amines is 1. The van der Waals surface area contributed by atoms with Crippen LogP contribution < -0.4 is 10.9 Å². The number of thiazole rings is 1. The lowest BCUT2D eigenvalue weighted by Gasteiger charge is -2.16. The zero-order valence-electron chi connectivity index (χ0n) is 11.9. The summed E-state index contributed by atoms with van der Waals surface area (Å²) in [5.41, 5.74) is 0.487. The summed E-state index contributed by atoms with van der Waals surface area (Å²) in [5, 5.41) is 11.9. The van der Waals surface area contributed by atoms with Crippen molar-refractivity contribution < 1.29 is 0 Å². The zero-order valence-corrected chi connectivity index (χ0v) is 14.9. The summed E-state index contributed by atoms with van der Waals surface area (Å²) >= 11 is 19.2. The van der Waals surface area contributed by atoms with Crippen LogP contribution in [0.5, 0.6) is 0 Å². The predicted octanol–water partition coefficient (Wildman–Crippen LogP) is 4.90. The Balaban J connectivity index is 1.96. The summed E-state index contributed by atoms with van der Waals surface area (Å²) in [5.74, 6) is 0. The molecule has 0 amide bonds. The van der Waals surface area contributed by atoms with Gasteiger partial charge in [0.25, 0.3) is 5.56 Å². The Morgan fingerprint density at radius 2 is 2.04 bits per heavy atom. The van der Waals surface area contributed by atoms with Crippen LogP contribution in [0.25, 0.3) is 10.8 Å². The van der Waals surface area contributed by atoms with Crippen molar-refractivity contribution in [2.75, 3.05) is 5.32 Å². The van der Waals surface area contributed by atoms with E-state index in [1.54, 1.807) is 12.1 Å². The van der Waals surface area contributed by atoms with E-state index in [0.29, 0.717) is 20.3 Å². The number of anilines is 1. The number of nitrogens with one attached hydrogen (secondary N) is 2. The van der Waals surface area contributed by atoms with Gasteiger partial charge < -0.3 is 5.32 Å². The topological polar surface area (TPSA) is 70.7 Å². The van der Waals surface area contributed by atoms with E-state index in [1.165, 1.54) is 11.3 Å². The van der Waals surface area contributed by atoms with E-state index in [0.717, 1.165) is 17.1 Å². The Hall–Kier alpha value is -1.34. The zero-order chi connectivity index (χ0) is 16.6. The fourth-order valence-electron chi connectivity index (χ4n) is 2.21. The van der Waals surface area contributed by atoms with Gasteiger partial charge in [0.15, 0.2) is 10.3 Å². The number of hydrogen-bond acceptors (Lipinski definition) is 5. The highest BCUT2D eigenvalue weighted by molar-refractivity contribution is 7.16. The molecule has 0 saturated heterocycles. The molecule has 1 aromatic carbocycles. The molecule has 9 heteroatoms. The number of aromatic nitrogens is 3. The second-order valence-electron chi connectivity index (χ2n) is 4.83. The van der Waals surface area contributed by atoms with Crippen molar-refractivity contribution in [3.63, 3.8) is 0 Å². The van der Waals surface area contributed by atoms with Crippen LogP contribution in [-0.2, 0) is 0 Å². The van der Waals surface area contributed by atoms with Gasteiger partial charge >= 0.3 is 0 Å². The first kappa shape index (κ1) is 16.5. The summed E-state index contributed by atoms with van der Waals surface area (Å²) in [6, 6.07) is 5.28. The largest absolute Gasteiger partial charge is 0.376 e. The van der Waals surface area contributed by atoms with E-state index in [-0.39, 0.29) is 16.8 Å². The molecular formula is C14H11Cl3N4OS. The molecule has 1 unspecified atom stereocenters. The first-order valence-electron chi connectivity index (χ1n) is 6.75. The molecule has 3 rings (SSSR count). The molecular weight excluding hydrogens is 379 g/mol. The predicted molar refractivity (Wildman–Crippen MR) is 96.2 cm³/mol. The second kappa shape index (κ2) is 6.65. The normalized spacial score (nSPS) is 12.5. The van der Waals surface area contributed by atoms with Crippen molar-refractivity contribution in [3.05, 3.63) is 48.2 Å². The third kappa shape index (κ3) is 3.30. The maximum Gasteiger partial charge on any atom is 0.272 e. The van der Waals surface area contributed by atoms with Gasteiger partial charge in [-0.3, -0.25) is 4.79 Å². The van der Waals surface area contributed by atoms with Gasteiger partial charge in [-0.25, -0.2) is 10.1 Å². The van der Waals surface area contributed by atoms with Gasteiger partial charge in [0.2, 0.25) is 0 Å². The first-order valence-corrected chi connectivity index (χ1v) is 8.70. The molecule has 0 spiro atoms. The molecule has 2 aromatic heterocycles. The molecule has 23 heavy (non-hydrogen) atoms. The third-order valence-electron chi connectivity index (χ3n) is 3.35. The van der Waals surface area contributed by atoms with Crippen LogP contribution in [0.15, 0.2) is 23.0 Å². The van der Waals surface area contributed by atoms with Crippen LogP contribution in [0.3, 0.4) is 0 Å². The van der Waals surface area contributed by atoms with Crippen molar-refractivity contribution in [2.24, 2.45) is 0 Å². The molecule has 0 saturated carbocycles. The number of hydrogen-bond donors (Lipinski definition) is 2. The van der Waals surface area contributed by atoms with Gasteiger partial charge in [-0.15, -0.1) is 11.3 Å². The van der Waals surface area contributed by atoms with Gasteiger partial charge in [-0.1, -0.05) is 41.7 Å². The molecule has 2 heterocycles. The van der Waals surface area contributed by atoms with Gasteiger partial charge in [0, 0.05) is 11.1 Å². The van der Waals surface area contributed by atoms with Gasteiger partial charge in [0.1, 0.15) is 9.34 Å². The van der Waals surface area contributed by atoms with Crippen molar-refractivity contribution in [1.82, 2.24) is 15.2 Å². The van der Waals surface area contributed by atoms with Crippen LogP contribution in [-0.4, -0.2) is 15.2 Å². The Morgan fingerprint density at radius 3 is 2.70 bits per heavy atom. The lowest BCUT2D eigenvalue weighted by molar-refractivity contribution is 0.742. The fourth-order valence-corrected chi connectivity index (χ4v) is 3.77. The fraction of sp³-hybridized carbons (Fsp3) is 0.214. The smallest absolute Gasteiger partial charge is 0.272 e. The number of benzene rings is 1. The molecule has 0 aliphatic rings. The monoisotopic (exact) mass is 388 g/mol. The van der Waals surface area contributed by atoms with E-state index in [9.17, 15) is 4.79 Å². The summed E-state index contributed by atoms with van der Waals surface area (Å²) in [4.78, 5) is 16.2. The van der Waals surface area contributed by atoms with Crippen LogP contribution >= 0.6 is 46.1 Å². The van der Waals surface area contributed by atoms with Crippen molar-refractivity contribution in [3.8, 4) is 0 Å². The SMILES string of the molecule is CCC(Nc1ccc2c(Cl)n[nH]c(=O)c2c1)c1nc(Cl)c(Cl)s1. The highest BCUT2D eigenvalue weighted by atomic mass is 35.5. The lowest BCUT2D eigenvalue weighted by atomic mass is 10.1. The quantitative estimate of drug-likeness (QED) is 0.665. The van der Waals surface area contributed by atoms with Crippen molar-refractivity contribution in [2.45, 2.75) is 19.4 Å². The Morgan fingerprint density at radius 1 is 1.26 bits per heavy atom. The van der Waals surface area contributed by atoms with Crippen molar-refractivity contribution in [1.29, 1.82) is 0 Å². The van der Waals surface area contributed by atoms with Gasteiger partial charge in [0.05, 0.1) is 11.4 Å². The minimum Gasteiger partial charge on any atom is -0.376 e. The molecule has 0 radical (unpaired) electrons. The van der Waals surface area contributed by atoms with Crippen molar-refractivity contribution >= 4 is 62.6 Å². The van der Waals surface area contributed by atoms with Crippen LogP contribution in [0.1, 0.15) is 24.4 Å². The van der Waals surface area contributed by atoms with E-state index in [1.807, 2.05) is 13.0 Å². The number of rotatable bonds is 4. The molecule has 0 aliphatic heterocycles. The number of halogens is 3. The summed E-state index contributed by atoms with van der Waals surface area (Å²) < 4.78 is 0.467. The summed E-state index contributed by atoms with van der Waals surface area (Å²) in [7, 11) is 0. The average Bonchev–Trinajstić information content (AvgIpc) is 2.88. The first-order chi connectivity index (χ1) is 11.0. The minimum absolute atomic E-state index is 0.0566. The van der Waals surface area contributed by atoms with Gasteiger partial charge in [-0.2, -0.15) is 5.10 Å². The molecule has 120 valence electrons. The average molecular weight is 390 g/mol. The van der Waals surface area contributed by atoms with Gasteiger partial charge in [-0.05, 0) is 24.6 Å². The van der Waals surface area contributed by atoms with Crippen LogP contribution in [0.4, 0.5) is 5.69 Å². The molecule has 0 aliphatic carbocycles. The highest BCUT2D eigenvalue weighted by Crippen LogP contribution is 2.34. The van der Waals surface area contributed by atoms with E-state index in [2.05, 4.69) is 20.5 Å². The Bertz CT molecular complexity index is 905. The lowest BCUT2D eigenvalue weighted by Crippen LogP contribution is -2.11. The van der Waals surface area contributed by atoms with E-state index in [4.69, 9.17) is 34.8 Å². The Labute approximate surface area is 150 Å². The maximum absolute atomic E-state index is 11.9.